The lowest BCUT2D eigenvalue weighted by molar-refractivity contribution is 0.0568. The molecular formula is C13H16O2. The van der Waals surface area contributed by atoms with Crippen LogP contribution >= 0.6 is 0 Å². The molecule has 1 saturated heterocycles. The maximum Gasteiger partial charge on any atom is 0.109 e. The normalized spacial score (nSPS) is 38.8. The average Bonchev–Trinajstić information content (AvgIpc) is 2.55. The molecule has 3 rings (SSSR count). The molecule has 2 atom stereocenters. The molecule has 2 aliphatic heterocycles. The van der Waals surface area contributed by atoms with E-state index in [1.165, 1.54) is 16.7 Å². The van der Waals surface area contributed by atoms with Crippen molar-refractivity contribution in [3.05, 3.63) is 34.9 Å². The van der Waals surface area contributed by atoms with Gasteiger partial charge in [0.15, 0.2) is 0 Å². The van der Waals surface area contributed by atoms with Gasteiger partial charge in [0.25, 0.3) is 0 Å². The summed E-state index contributed by atoms with van der Waals surface area (Å²) in [6.45, 7) is 5.73. The van der Waals surface area contributed by atoms with Crippen molar-refractivity contribution < 1.29 is 9.47 Å². The first-order valence-electron chi connectivity index (χ1n) is 5.56. The van der Waals surface area contributed by atoms with Gasteiger partial charge in [-0.1, -0.05) is 12.2 Å². The van der Waals surface area contributed by atoms with Crippen LogP contribution in [0.25, 0.3) is 0 Å². The Morgan fingerprint density at radius 2 is 2.27 bits per heavy atom. The Kier molecular flexibility index (Phi) is 1.91. The summed E-state index contributed by atoms with van der Waals surface area (Å²) < 4.78 is 11.4. The largest absolute Gasteiger partial charge is 0.373 e. The third-order valence-corrected chi connectivity index (χ3v) is 3.48. The highest BCUT2D eigenvalue weighted by atomic mass is 16.5. The van der Waals surface area contributed by atoms with Gasteiger partial charge in [-0.3, -0.25) is 0 Å². The minimum absolute atomic E-state index is 0.192. The first-order chi connectivity index (χ1) is 7.17. The van der Waals surface area contributed by atoms with Gasteiger partial charge in [0.1, 0.15) is 5.60 Å². The predicted octanol–water partition coefficient (Wildman–Crippen LogP) is 2.38. The molecule has 0 aromatic carbocycles. The van der Waals surface area contributed by atoms with Gasteiger partial charge >= 0.3 is 0 Å². The van der Waals surface area contributed by atoms with E-state index >= 15 is 0 Å². The summed E-state index contributed by atoms with van der Waals surface area (Å²) in [6.07, 6.45) is 8.08. The van der Waals surface area contributed by atoms with E-state index < -0.39 is 0 Å². The lowest BCUT2D eigenvalue weighted by atomic mass is 9.82. The van der Waals surface area contributed by atoms with Crippen LogP contribution in [0, 0.1) is 0 Å². The average molecular weight is 204 g/mol. The highest BCUT2D eigenvalue weighted by molar-refractivity contribution is 5.52. The summed E-state index contributed by atoms with van der Waals surface area (Å²) in [5.41, 5.74) is 3.87. The maximum absolute atomic E-state index is 5.75. The highest BCUT2D eigenvalue weighted by Gasteiger charge is 2.35. The minimum atomic E-state index is -0.192. The van der Waals surface area contributed by atoms with Crippen LogP contribution in [0.3, 0.4) is 0 Å². The van der Waals surface area contributed by atoms with Crippen LogP contribution < -0.4 is 0 Å². The van der Waals surface area contributed by atoms with Gasteiger partial charge in [-0.15, -0.1) is 0 Å². The first kappa shape index (κ1) is 9.37. The van der Waals surface area contributed by atoms with Gasteiger partial charge in [-0.2, -0.15) is 0 Å². The molecule has 0 bridgehead atoms. The molecule has 2 nitrogen and oxygen atoms in total. The summed E-state index contributed by atoms with van der Waals surface area (Å²) >= 11 is 0. The molecule has 0 aromatic heterocycles. The fourth-order valence-electron chi connectivity index (χ4n) is 2.55. The summed E-state index contributed by atoms with van der Waals surface area (Å²) in [5, 5.41) is 0. The second-order valence-electron chi connectivity index (χ2n) is 4.74. The van der Waals surface area contributed by atoms with Crippen molar-refractivity contribution in [1.82, 2.24) is 0 Å². The lowest BCUT2D eigenvalue weighted by Gasteiger charge is -2.33. The first-order valence-corrected chi connectivity index (χ1v) is 5.56. The van der Waals surface area contributed by atoms with Gasteiger partial charge in [-0.25, -0.2) is 0 Å². The van der Waals surface area contributed by atoms with E-state index in [0.717, 1.165) is 19.6 Å². The second kappa shape index (κ2) is 3.06. The quantitative estimate of drug-likeness (QED) is 0.603. The Morgan fingerprint density at radius 1 is 1.40 bits per heavy atom. The van der Waals surface area contributed by atoms with Crippen molar-refractivity contribution in [3.63, 3.8) is 0 Å². The monoisotopic (exact) mass is 204 g/mol. The molecule has 0 N–H and O–H groups in total. The molecule has 0 aromatic rings. The summed E-state index contributed by atoms with van der Waals surface area (Å²) in [4.78, 5) is 0. The zero-order valence-electron chi connectivity index (χ0n) is 9.25. The van der Waals surface area contributed by atoms with Gasteiger partial charge in [0.05, 0.1) is 19.3 Å². The molecule has 3 aliphatic rings. The molecular weight excluding hydrogens is 188 g/mol. The fraction of sp³-hybridized carbons (Fsp3) is 0.538. The molecule has 2 heterocycles. The van der Waals surface area contributed by atoms with E-state index in [2.05, 4.69) is 32.1 Å². The second-order valence-corrected chi connectivity index (χ2v) is 4.74. The van der Waals surface area contributed by atoms with E-state index in [9.17, 15) is 0 Å². The molecule has 15 heavy (non-hydrogen) atoms. The van der Waals surface area contributed by atoms with Crippen LogP contribution in [0.2, 0.25) is 0 Å². The summed E-state index contributed by atoms with van der Waals surface area (Å²) in [7, 11) is 0. The van der Waals surface area contributed by atoms with E-state index in [1.54, 1.807) is 0 Å². The Bertz CT molecular complexity index is 389. The van der Waals surface area contributed by atoms with E-state index in [1.807, 2.05) is 0 Å². The number of ether oxygens (including phenoxy) is 2. The molecule has 2 unspecified atom stereocenters. The van der Waals surface area contributed by atoms with Crippen LogP contribution in [0.5, 0.6) is 0 Å². The Balaban J connectivity index is 2.00. The topological polar surface area (TPSA) is 18.5 Å². The number of rotatable bonds is 0. The van der Waals surface area contributed by atoms with Crippen LogP contribution in [0.4, 0.5) is 0 Å². The number of hydrogen-bond donors (Lipinski definition) is 0. The standard InChI is InChI=1S/C13H16O2/c1-9-5-10-6-12-3-4-15-13(12,2)7-11(10)8-14-9/h3,6-7,9H,4-5,8H2,1-2H3. The third kappa shape index (κ3) is 1.40. The third-order valence-electron chi connectivity index (χ3n) is 3.48. The van der Waals surface area contributed by atoms with Crippen molar-refractivity contribution in [1.29, 1.82) is 0 Å². The minimum Gasteiger partial charge on any atom is -0.373 e. The van der Waals surface area contributed by atoms with Crippen molar-refractivity contribution in [2.75, 3.05) is 13.2 Å². The molecule has 1 fully saturated rings. The maximum atomic E-state index is 5.75. The molecule has 2 heteroatoms. The zero-order chi connectivity index (χ0) is 10.5. The van der Waals surface area contributed by atoms with Crippen LogP contribution in [0.1, 0.15) is 20.3 Å². The summed E-state index contributed by atoms with van der Waals surface area (Å²) in [6, 6.07) is 0. The van der Waals surface area contributed by atoms with Crippen molar-refractivity contribution in [2.45, 2.75) is 32.0 Å². The lowest BCUT2D eigenvalue weighted by Crippen LogP contribution is -2.31. The zero-order valence-corrected chi connectivity index (χ0v) is 9.25. The van der Waals surface area contributed by atoms with Crippen LogP contribution in [0.15, 0.2) is 34.9 Å². The highest BCUT2D eigenvalue weighted by Crippen LogP contribution is 2.39. The van der Waals surface area contributed by atoms with Crippen LogP contribution in [-0.4, -0.2) is 24.9 Å². The SMILES string of the molecule is CC1CC2=CC3=CCOC3(C)C=C2CO1. The molecule has 1 aliphatic carbocycles. The molecule has 0 saturated carbocycles. The molecule has 0 amide bonds. The Labute approximate surface area is 90.3 Å². The van der Waals surface area contributed by atoms with E-state index in [-0.39, 0.29) is 5.60 Å². The molecule has 0 radical (unpaired) electrons. The van der Waals surface area contributed by atoms with Gasteiger partial charge in [-0.05, 0) is 43.1 Å². The van der Waals surface area contributed by atoms with Crippen molar-refractivity contribution in [3.8, 4) is 0 Å². The molecule has 80 valence electrons. The molecule has 0 spiro atoms. The fourth-order valence-corrected chi connectivity index (χ4v) is 2.55. The van der Waals surface area contributed by atoms with Gasteiger partial charge in [0.2, 0.25) is 0 Å². The smallest absolute Gasteiger partial charge is 0.109 e. The van der Waals surface area contributed by atoms with Crippen LogP contribution in [-0.2, 0) is 9.47 Å². The van der Waals surface area contributed by atoms with E-state index in [0.29, 0.717) is 6.10 Å². The summed E-state index contributed by atoms with van der Waals surface area (Å²) in [5.74, 6) is 0. The Hall–Kier alpha value is -0.860. The number of hydrogen-bond acceptors (Lipinski definition) is 2. The van der Waals surface area contributed by atoms with Gasteiger partial charge < -0.3 is 9.47 Å². The van der Waals surface area contributed by atoms with Crippen molar-refractivity contribution >= 4 is 0 Å². The Morgan fingerprint density at radius 3 is 3.13 bits per heavy atom. The van der Waals surface area contributed by atoms with Gasteiger partial charge in [0, 0.05) is 0 Å². The predicted molar refractivity (Wildman–Crippen MR) is 58.6 cm³/mol. The number of fused-ring (bicyclic) bond motifs is 2. The van der Waals surface area contributed by atoms with Crippen molar-refractivity contribution in [2.24, 2.45) is 0 Å². The van der Waals surface area contributed by atoms with E-state index in [4.69, 9.17) is 9.47 Å².